The predicted octanol–water partition coefficient (Wildman–Crippen LogP) is 5.09. The van der Waals surface area contributed by atoms with E-state index < -0.39 is 17.8 Å². The molecule has 6 heteroatoms. The molecule has 27 heavy (non-hydrogen) atoms. The van der Waals surface area contributed by atoms with Gasteiger partial charge >= 0.3 is 6.18 Å². The van der Waals surface area contributed by atoms with E-state index in [9.17, 15) is 18.0 Å². The fraction of sp³-hybridized carbons (Fsp3) is 0.190. The van der Waals surface area contributed by atoms with Crippen molar-refractivity contribution in [1.29, 1.82) is 0 Å². The molecule has 1 aromatic heterocycles. The van der Waals surface area contributed by atoms with Gasteiger partial charge in [-0.3, -0.25) is 4.79 Å². The van der Waals surface area contributed by atoms with Gasteiger partial charge in [-0.15, -0.1) is 0 Å². The molecule has 138 valence electrons. The van der Waals surface area contributed by atoms with Gasteiger partial charge in [0.05, 0.1) is 17.9 Å². The Bertz CT molecular complexity index is 946. The Kier molecular flexibility index (Phi) is 4.26. The molecule has 2 heterocycles. The summed E-state index contributed by atoms with van der Waals surface area (Å²) in [7, 11) is 0. The summed E-state index contributed by atoms with van der Waals surface area (Å²) in [5.41, 5.74) is 1.93. The van der Waals surface area contributed by atoms with E-state index in [0.717, 1.165) is 23.3 Å². The fourth-order valence-corrected chi connectivity index (χ4v) is 3.54. The normalized spacial score (nSPS) is 16.9. The largest absolute Gasteiger partial charge is 0.459 e. The predicted molar refractivity (Wildman–Crippen MR) is 93.2 cm³/mol. The van der Waals surface area contributed by atoms with Crippen LogP contribution in [0, 0.1) is 0 Å². The second kappa shape index (κ2) is 6.61. The maximum absolute atomic E-state index is 12.9. The average molecular weight is 371 g/mol. The van der Waals surface area contributed by atoms with E-state index in [-0.39, 0.29) is 11.7 Å². The van der Waals surface area contributed by atoms with Crippen LogP contribution in [-0.2, 0) is 12.6 Å². The summed E-state index contributed by atoms with van der Waals surface area (Å²) in [6.45, 7) is 0.461. The molecule has 3 aromatic rings. The van der Waals surface area contributed by atoms with Crippen molar-refractivity contribution in [3.05, 3.63) is 94.9 Å². The van der Waals surface area contributed by atoms with Crippen LogP contribution < -0.4 is 0 Å². The van der Waals surface area contributed by atoms with E-state index in [2.05, 4.69) is 0 Å². The summed E-state index contributed by atoms with van der Waals surface area (Å²) >= 11 is 0. The molecular formula is C21H16F3NO2. The van der Waals surface area contributed by atoms with Crippen LogP contribution in [0.3, 0.4) is 0 Å². The van der Waals surface area contributed by atoms with Gasteiger partial charge in [0, 0.05) is 6.54 Å². The third kappa shape index (κ3) is 3.23. The first-order valence-electron chi connectivity index (χ1n) is 8.54. The molecule has 0 N–H and O–H groups in total. The molecule has 0 aliphatic carbocycles. The van der Waals surface area contributed by atoms with E-state index in [1.807, 2.05) is 24.3 Å². The standard InChI is InChI=1S/C21H16F3NO2/c22-21(23,24)16-9-7-15(8-10-16)19-17-5-2-1-4-14(17)11-12-25(19)20(26)18-6-3-13-27-18/h1-10,13,19H,11-12H2/t19-/m1/s1. The van der Waals surface area contributed by atoms with Gasteiger partial charge in [-0.05, 0) is 47.4 Å². The average Bonchev–Trinajstić information content (AvgIpc) is 3.21. The molecule has 1 atom stereocenters. The van der Waals surface area contributed by atoms with Crippen molar-refractivity contribution in [2.45, 2.75) is 18.6 Å². The molecule has 0 bridgehead atoms. The molecule has 0 saturated carbocycles. The van der Waals surface area contributed by atoms with Gasteiger partial charge in [-0.1, -0.05) is 36.4 Å². The number of hydrogen-bond acceptors (Lipinski definition) is 2. The lowest BCUT2D eigenvalue weighted by molar-refractivity contribution is -0.137. The van der Waals surface area contributed by atoms with E-state index in [1.165, 1.54) is 18.4 Å². The molecule has 3 nitrogen and oxygen atoms in total. The van der Waals surface area contributed by atoms with Crippen molar-refractivity contribution >= 4 is 5.91 Å². The second-order valence-corrected chi connectivity index (χ2v) is 6.45. The number of halogens is 3. The topological polar surface area (TPSA) is 33.5 Å². The molecule has 1 aliphatic rings. The van der Waals surface area contributed by atoms with E-state index in [1.54, 1.807) is 17.0 Å². The van der Waals surface area contributed by atoms with Crippen molar-refractivity contribution in [1.82, 2.24) is 4.90 Å². The minimum absolute atomic E-state index is 0.214. The highest BCUT2D eigenvalue weighted by Gasteiger charge is 2.35. The second-order valence-electron chi connectivity index (χ2n) is 6.45. The van der Waals surface area contributed by atoms with Crippen LogP contribution in [-0.4, -0.2) is 17.4 Å². The summed E-state index contributed by atoms with van der Waals surface area (Å²) in [4.78, 5) is 14.6. The lowest BCUT2D eigenvalue weighted by atomic mass is 9.87. The molecule has 0 saturated heterocycles. The SMILES string of the molecule is O=C(c1ccco1)N1CCc2ccccc2[C@H]1c1ccc(C(F)(F)F)cc1. The number of rotatable bonds is 2. The Hall–Kier alpha value is -3.02. The van der Waals surface area contributed by atoms with Crippen molar-refractivity contribution in [3.63, 3.8) is 0 Å². The van der Waals surface area contributed by atoms with Gasteiger partial charge in [0.25, 0.3) is 5.91 Å². The minimum Gasteiger partial charge on any atom is -0.459 e. The first-order valence-corrected chi connectivity index (χ1v) is 8.54. The van der Waals surface area contributed by atoms with Crippen molar-refractivity contribution in [3.8, 4) is 0 Å². The first-order chi connectivity index (χ1) is 12.9. The zero-order valence-corrected chi connectivity index (χ0v) is 14.2. The van der Waals surface area contributed by atoms with Gasteiger partial charge < -0.3 is 9.32 Å². The Balaban J connectivity index is 1.78. The number of amides is 1. The summed E-state index contributed by atoms with van der Waals surface area (Å²) in [5, 5.41) is 0. The van der Waals surface area contributed by atoms with Crippen LogP contribution in [0.25, 0.3) is 0 Å². The lowest BCUT2D eigenvalue weighted by Gasteiger charge is -2.37. The monoisotopic (exact) mass is 371 g/mol. The molecular weight excluding hydrogens is 355 g/mol. The van der Waals surface area contributed by atoms with E-state index >= 15 is 0 Å². The van der Waals surface area contributed by atoms with Crippen LogP contribution in [0.1, 0.15) is 38.9 Å². The van der Waals surface area contributed by atoms with Crippen molar-refractivity contribution in [2.75, 3.05) is 6.54 Å². The summed E-state index contributed by atoms with van der Waals surface area (Å²) < 4.78 is 44.0. The maximum Gasteiger partial charge on any atom is 0.416 e. The van der Waals surface area contributed by atoms with E-state index in [4.69, 9.17) is 4.42 Å². The van der Waals surface area contributed by atoms with Crippen LogP contribution in [0.15, 0.2) is 71.3 Å². The number of furan rings is 1. The molecule has 2 aromatic carbocycles. The molecule has 0 unspecified atom stereocenters. The van der Waals surface area contributed by atoms with Gasteiger partial charge in [-0.2, -0.15) is 13.2 Å². The quantitative estimate of drug-likeness (QED) is 0.629. The zero-order chi connectivity index (χ0) is 19.0. The highest BCUT2D eigenvalue weighted by molar-refractivity contribution is 5.92. The summed E-state index contributed by atoms with van der Waals surface area (Å²) in [6, 6.07) is 15.5. The van der Waals surface area contributed by atoms with Crippen molar-refractivity contribution < 1.29 is 22.4 Å². The van der Waals surface area contributed by atoms with Gasteiger partial charge in [0.1, 0.15) is 0 Å². The Morgan fingerprint density at radius 1 is 1.00 bits per heavy atom. The summed E-state index contributed by atoms with van der Waals surface area (Å²) in [6.07, 6.45) is -2.29. The Labute approximate surface area is 154 Å². The number of carbonyl (C=O) groups is 1. The van der Waals surface area contributed by atoms with Crippen LogP contribution in [0.4, 0.5) is 13.2 Å². The van der Waals surface area contributed by atoms with Crippen LogP contribution >= 0.6 is 0 Å². The molecule has 0 radical (unpaired) electrons. The highest BCUT2D eigenvalue weighted by atomic mass is 19.4. The molecule has 0 spiro atoms. The molecule has 0 fully saturated rings. The molecule has 4 rings (SSSR count). The van der Waals surface area contributed by atoms with Crippen molar-refractivity contribution in [2.24, 2.45) is 0 Å². The molecule has 1 amide bonds. The third-order valence-corrected chi connectivity index (χ3v) is 4.83. The van der Waals surface area contributed by atoms with E-state index in [0.29, 0.717) is 18.5 Å². The number of fused-ring (bicyclic) bond motifs is 1. The lowest BCUT2D eigenvalue weighted by Crippen LogP contribution is -2.40. The van der Waals surface area contributed by atoms with Crippen LogP contribution in [0.5, 0.6) is 0 Å². The highest BCUT2D eigenvalue weighted by Crippen LogP contribution is 2.37. The minimum atomic E-state index is -4.40. The number of hydrogen-bond donors (Lipinski definition) is 0. The number of benzene rings is 2. The van der Waals surface area contributed by atoms with Gasteiger partial charge in [0.15, 0.2) is 5.76 Å². The smallest absolute Gasteiger partial charge is 0.416 e. The zero-order valence-electron chi connectivity index (χ0n) is 14.2. The van der Waals surface area contributed by atoms with Gasteiger partial charge in [0.2, 0.25) is 0 Å². The third-order valence-electron chi connectivity index (χ3n) is 4.83. The summed E-state index contributed by atoms with van der Waals surface area (Å²) in [5.74, 6) is -0.0642. The number of nitrogens with zero attached hydrogens (tertiary/aromatic N) is 1. The number of alkyl halides is 3. The Morgan fingerprint density at radius 2 is 1.74 bits per heavy atom. The fourth-order valence-electron chi connectivity index (χ4n) is 3.54. The maximum atomic E-state index is 12.9. The first kappa shape index (κ1) is 17.4. The number of carbonyl (C=O) groups excluding carboxylic acids is 1. The Morgan fingerprint density at radius 3 is 2.41 bits per heavy atom. The van der Waals surface area contributed by atoms with Gasteiger partial charge in [-0.25, -0.2) is 0 Å². The van der Waals surface area contributed by atoms with Crippen LogP contribution in [0.2, 0.25) is 0 Å². The molecule has 1 aliphatic heterocycles.